The maximum Gasteiger partial charge on any atom is 0.0738 e. The molecule has 3 N–H and O–H groups in total. The Kier molecular flexibility index (Phi) is 1.83. The summed E-state index contributed by atoms with van der Waals surface area (Å²) in [7, 11) is 1.72. The van der Waals surface area contributed by atoms with Crippen LogP contribution in [0.3, 0.4) is 0 Å². The van der Waals surface area contributed by atoms with Crippen LogP contribution in [0.5, 0.6) is 0 Å². The van der Waals surface area contributed by atoms with Crippen LogP contribution in [0, 0.1) is 0 Å². The zero-order valence-electron chi connectivity index (χ0n) is 5.05. The van der Waals surface area contributed by atoms with Crippen molar-refractivity contribution in [3.05, 3.63) is 0 Å². The van der Waals surface area contributed by atoms with Gasteiger partial charge in [-0.25, -0.2) is 0 Å². The van der Waals surface area contributed by atoms with Gasteiger partial charge in [0.1, 0.15) is 0 Å². The molecule has 3 nitrogen and oxygen atoms in total. The molecule has 0 spiro atoms. The number of hydrogen-bond acceptors (Lipinski definition) is 3. The SMILES string of the molecule is COC1CCC1NN. The lowest BCUT2D eigenvalue weighted by molar-refractivity contribution is 0.00676. The van der Waals surface area contributed by atoms with Crippen LogP contribution >= 0.6 is 0 Å². The van der Waals surface area contributed by atoms with Gasteiger partial charge in [-0.15, -0.1) is 0 Å². The quantitative estimate of drug-likeness (QED) is 0.382. The minimum Gasteiger partial charge on any atom is -0.380 e. The molecule has 1 saturated carbocycles. The molecule has 2 atom stereocenters. The van der Waals surface area contributed by atoms with E-state index in [0.717, 1.165) is 12.8 Å². The zero-order valence-corrected chi connectivity index (χ0v) is 5.05. The molecule has 0 aliphatic heterocycles. The third kappa shape index (κ3) is 0.844. The second-order valence-corrected chi connectivity index (χ2v) is 2.12. The molecule has 3 heteroatoms. The third-order valence-electron chi connectivity index (χ3n) is 1.73. The summed E-state index contributed by atoms with van der Waals surface area (Å²) in [5.74, 6) is 5.17. The molecule has 0 aromatic heterocycles. The van der Waals surface area contributed by atoms with Crippen molar-refractivity contribution >= 4 is 0 Å². The molecule has 1 fully saturated rings. The lowest BCUT2D eigenvalue weighted by Gasteiger charge is -2.34. The van der Waals surface area contributed by atoms with Crippen LogP contribution in [0.4, 0.5) is 0 Å². The van der Waals surface area contributed by atoms with Crippen LogP contribution in [-0.4, -0.2) is 19.3 Å². The van der Waals surface area contributed by atoms with Crippen LogP contribution in [0.1, 0.15) is 12.8 Å². The second-order valence-electron chi connectivity index (χ2n) is 2.12. The van der Waals surface area contributed by atoms with Gasteiger partial charge in [0.05, 0.1) is 6.10 Å². The molecular weight excluding hydrogens is 104 g/mol. The first-order chi connectivity index (χ1) is 3.88. The van der Waals surface area contributed by atoms with Crippen LogP contribution in [0.2, 0.25) is 0 Å². The van der Waals surface area contributed by atoms with Crippen LogP contribution in [0.25, 0.3) is 0 Å². The fourth-order valence-electron chi connectivity index (χ4n) is 0.942. The summed E-state index contributed by atoms with van der Waals surface area (Å²) in [5, 5.41) is 0. The standard InChI is InChI=1S/C5H12N2O/c1-8-5-3-2-4(5)7-6/h4-5,7H,2-3,6H2,1H3. The number of nitrogens with two attached hydrogens (primary N) is 1. The summed E-state index contributed by atoms with van der Waals surface area (Å²) < 4.78 is 5.05. The highest BCUT2D eigenvalue weighted by Gasteiger charge is 2.29. The van der Waals surface area contributed by atoms with E-state index in [1.165, 1.54) is 0 Å². The predicted octanol–water partition coefficient (Wildman–Crippen LogP) is -0.373. The van der Waals surface area contributed by atoms with E-state index in [1.807, 2.05) is 0 Å². The van der Waals surface area contributed by atoms with Crippen molar-refractivity contribution in [1.82, 2.24) is 5.43 Å². The van der Waals surface area contributed by atoms with Gasteiger partial charge in [0.2, 0.25) is 0 Å². The Hall–Kier alpha value is -0.120. The smallest absolute Gasteiger partial charge is 0.0738 e. The second kappa shape index (κ2) is 2.44. The molecule has 0 bridgehead atoms. The Labute approximate surface area is 49.2 Å². The minimum absolute atomic E-state index is 0.361. The number of hydrogen-bond donors (Lipinski definition) is 2. The van der Waals surface area contributed by atoms with Gasteiger partial charge in [0.25, 0.3) is 0 Å². The van der Waals surface area contributed by atoms with Gasteiger partial charge in [-0.05, 0) is 12.8 Å². The van der Waals surface area contributed by atoms with Crippen molar-refractivity contribution in [2.75, 3.05) is 7.11 Å². The van der Waals surface area contributed by atoms with E-state index in [4.69, 9.17) is 10.6 Å². The summed E-state index contributed by atoms with van der Waals surface area (Å²) in [6.07, 6.45) is 2.65. The maximum atomic E-state index is 5.17. The molecule has 0 radical (unpaired) electrons. The van der Waals surface area contributed by atoms with E-state index in [-0.39, 0.29) is 0 Å². The number of hydrazine groups is 1. The van der Waals surface area contributed by atoms with E-state index in [9.17, 15) is 0 Å². The maximum absolute atomic E-state index is 5.17. The summed E-state index contributed by atoms with van der Waals surface area (Å²) in [6.45, 7) is 0. The summed E-state index contributed by atoms with van der Waals surface area (Å²) in [6, 6.07) is 0.403. The Morgan fingerprint density at radius 1 is 1.62 bits per heavy atom. The highest BCUT2D eigenvalue weighted by molar-refractivity contribution is 4.85. The Balaban J connectivity index is 2.16. The number of nitrogens with one attached hydrogen (secondary N) is 1. The first-order valence-corrected chi connectivity index (χ1v) is 2.87. The van der Waals surface area contributed by atoms with Gasteiger partial charge in [-0.1, -0.05) is 0 Å². The predicted molar refractivity (Wildman–Crippen MR) is 31.1 cm³/mol. The first-order valence-electron chi connectivity index (χ1n) is 2.87. The molecular formula is C5H12N2O. The van der Waals surface area contributed by atoms with Gasteiger partial charge in [0.15, 0.2) is 0 Å². The minimum atomic E-state index is 0.361. The number of rotatable bonds is 2. The van der Waals surface area contributed by atoms with Crippen molar-refractivity contribution < 1.29 is 4.74 Å². The Bertz CT molecular complexity index is 62.8. The van der Waals surface area contributed by atoms with Gasteiger partial charge >= 0.3 is 0 Å². The molecule has 48 valence electrons. The molecule has 1 rings (SSSR count). The van der Waals surface area contributed by atoms with E-state index in [1.54, 1.807) is 7.11 Å². The molecule has 1 aliphatic carbocycles. The summed E-state index contributed by atoms with van der Waals surface area (Å²) >= 11 is 0. The zero-order chi connectivity index (χ0) is 5.98. The third-order valence-corrected chi connectivity index (χ3v) is 1.73. The fourth-order valence-corrected chi connectivity index (χ4v) is 0.942. The van der Waals surface area contributed by atoms with E-state index >= 15 is 0 Å². The van der Waals surface area contributed by atoms with Crippen LogP contribution in [-0.2, 0) is 4.74 Å². The Morgan fingerprint density at radius 2 is 2.38 bits per heavy atom. The van der Waals surface area contributed by atoms with E-state index in [2.05, 4.69) is 5.43 Å². The van der Waals surface area contributed by atoms with Crippen molar-refractivity contribution in [3.8, 4) is 0 Å². The lowest BCUT2D eigenvalue weighted by Crippen LogP contribution is -2.51. The van der Waals surface area contributed by atoms with Gasteiger partial charge < -0.3 is 4.74 Å². The molecule has 0 heterocycles. The molecule has 0 saturated heterocycles. The lowest BCUT2D eigenvalue weighted by atomic mass is 9.90. The molecule has 0 aromatic carbocycles. The molecule has 0 amide bonds. The van der Waals surface area contributed by atoms with Crippen LogP contribution in [0.15, 0.2) is 0 Å². The average Bonchev–Trinajstić information content (AvgIpc) is 1.66. The molecule has 2 unspecified atom stereocenters. The largest absolute Gasteiger partial charge is 0.380 e. The van der Waals surface area contributed by atoms with Gasteiger partial charge in [-0.2, -0.15) is 0 Å². The van der Waals surface area contributed by atoms with Crippen LogP contribution < -0.4 is 11.3 Å². The fraction of sp³-hybridized carbons (Fsp3) is 1.00. The van der Waals surface area contributed by atoms with E-state index in [0.29, 0.717) is 12.1 Å². The highest BCUT2D eigenvalue weighted by atomic mass is 16.5. The topological polar surface area (TPSA) is 47.3 Å². The number of methoxy groups -OCH3 is 1. The molecule has 0 aromatic rings. The normalized spacial score (nSPS) is 36.8. The van der Waals surface area contributed by atoms with Crippen molar-refractivity contribution in [1.29, 1.82) is 0 Å². The first kappa shape index (κ1) is 6.01. The average molecular weight is 116 g/mol. The molecule has 1 aliphatic rings. The Morgan fingerprint density at radius 3 is 2.50 bits per heavy atom. The van der Waals surface area contributed by atoms with Gasteiger partial charge in [0, 0.05) is 13.2 Å². The van der Waals surface area contributed by atoms with E-state index < -0.39 is 0 Å². The summed E-state index contributed by atoms with van der Waals surface area (Å²) in [5.41, 5.74) is 2.68. The van der Waals surface area contributed by atoms with Crippen molar-refractivity contribution in [3.63, 3.8) is 0 Å². The molecule has 8 heavy (non-hydrogen) atoms. The summed E-state index contributed by atoms with van der Waals surface area (Å²) in [4.78, 5) is 0. The van der Waals surface area contributed by atoms with Crippen molar-refractivity contribution in [2.45, 2.75) is 25.0 Å². The number of ether oxygens (including phenoxy) is 1. The van der Waals surface area contributed by atoms with Crippen molar-refractivity contribution in [2.24, 2.45) is 5.84 Å². The van der Waals surface area contributed by atoms with Gasteiger partial charge in [-0.3, -0.25) is 11.3 Å². The monoisotopic (exact) mass is 116 g/mol. The highest BCUT2D eigenvalue weighted by Crippen LogP contribution is 2.21.